The molecule has 1 aromatic carbocycles. The Hall–Kier alpha value is 0.820. The number of hydrogen-bond donors (Lipinski definition) is 0. The second-order valence-electron chi connectivity index (χ2n) is 1.98. The zero-order valence-electron chi connectivity index (χ0n) is 5.37. The van der Waals surface area contributed by atoms with E-state index in [2.05, 4.69) is 22.6 Å². The van der Waals surface area contributed by atoms with E-state index in [0.717, 1.165) is 9.13 Å². The molecule has 0 aliphatic carbocycles. The fourth-order valence-electron chi connectivity index (χ4n) is 0.700. The van der Waals surface area contributed by atoms with Crippen molar-refractivity contribution in [2.75, 3.05) is 0 Å². The van der Waals surface area contributed by atoms with Crippen LogP contribution >= 0.6 is 57.4 Å². The molecule has 0 aliphatic rings. The summed E-state index contributed by atoms with van der Waals surface area (Å²) in [5, 5.41) is 1.27. The highest BCUT2D eigenvalue weighted by Gasteiger charge is 2.05. The molecule has 1 rings (SSSR count). The predicted molar refractivity (Wildman–Crippen MR) is 58.7 cm³/mol. The molecule has 4 heteroatoms. The SMILES string of the molecule is ClCc1c(Cl)cc(I)cc1Cl. The zero-order valence-corrected chi connectivity index (χ0v) is 9.80. The predicted octanol–water partition coefficient (Wildman–Crippen LogP) is 4.34. The molecule has 0 heterocycles. The van der Waals surface area contributed by atoms with Crippen molar-refractivity contribution in [1.29, 1.82) is 0 Å². The standard InChI is InChI=1S/C7H4Cl3I/c8-3-5-6(9)1-4(11)2-7(5)10/h1-2H,3H2. The van der Waals surface area contributed by atoms with Gasteiger partial charge in [-0.05, 0) is 34.7 Å². The van der Waals surface area contributed by atoms with Gasteiger partial charge >= 0.3 is 0 Å². The van der Waals surface area contributed by atoms with Crippen LogP contribution in [0.25, 0.3) is 0 Å². The van der Waals surface area contributed by atoms with Gasteiger partial charge < -0.3 is 0 Å². The lowest BCUT2D eigenvalue weighted by atomic mass is 10.2. The van der Waals surface area contributed by atoms with Crippen molar-refractivity contribution in [2.24, 2.45) is 0 Å². The molecule has 0 aromatic heterocycles. The Labute approximate surface area is 94.0 Å². The number of halogens is 4. The van der Waals surface area contributed by atoms with Crippen molar-refractivity contribution >= 4 is 57.4 Å². The van der Waals surface area contributed by atoms with Crippen molar-refractivity contribution in [2.45, 2.75) is 5.88 Å². The van der Waals surface area contributed by atoms with Gasteiger partial charge in [0.1, 0.15) is 0 Å². The van der Waals surface area contributed by atoms with Crippen molar-refractivity contribution < 1.29 is 0 Å². The third-order valence-electron chi connectivity index (χ3n) is 1.24. The minimum absolute atomic E-state index is 0.356. The number of benzene rings is 1. The van der Waals surface area contributed by atoms with Crippen molar-refractivity contribution in [1.82, 2.24) is 0 Å². The van der Waals surface area contributed by atoms with E-state index in [1.807, 2.05) is 12.1 Å². The number of alkyl halides is 1. The average Bonchev–Trinajstić information content (AvgIpc) is 1.85. The Kier molecular flexibility index (Phi) is 3.75. The van der Waals surface area contributed by atoms with Crippen LogP contribution < -0.4 is 0 Å². The van der Waals surface area contributed by atoms with Crippen LogP contribution in [0.3, 0.4) is 0 Å². The summed E-state index contributed by atoms with van der Waals surface area (Å²) in [6, 6.07) is 3.68. The monoisotopic (exact) mass is 320 g/mol. The quantitative estimate of drug-likeness (QED) is 0.533. The normalized spacial score (nSPS) is 10.2. The number of hydrogen-bond acceptors (Lipinski definition) is 0. The second kappa shape index (κ2) is 4.17. The van der Waals surface area contributed by atoms with Gasteiger partial charge in [-0.2, -0.15) is 0 Å². The molecule has 60 valence electrons. The first kappa shape index (κ1) is 9.90. The molecule has 0 atom stereocenters. The van der Waals surface area contributed by atoms with E-state index in [-0.39, 0.29) is 0 Å². The fourth-order valence-corrected chi connectivity index (χ4v) is 2.74. The summed E-state index contributed by atoms with van der Waals surface area (Å²) in [6.07, 6.45) is 0. The van der Waals surface area contributed by atoms with Crippen LogP contribution in [0, 0.1) is 3.57 Å². The van der Waals surface area contributed by atoms with Crippen LogP contribution in [0.15, 0.2) is 12.1 Å². The highest BCUT2D eigenvalue weighted by molar-refractivity contribution is 14.1. The summed E-state index contributed by atoms with van der Waals surface area (Å²) in [5.41, 5.74) is 0.801. The zero-order chi connectivity index (χ0) is 8.43. The third kappa shape index (κ3) is 2.38. The third-order valence-corrected chi connectivity index (χ3v) is 2.80. The average molecular weight is 321 g/mol. The van der Waals surface area contributed by atoms with Crippen LogP contribution in [0.4, 0.5) is 0 Å². The Bertz CT molecular complexity index is 249. The molecule has 0 amide bonds. The largest absolute Gasteiger partial charge is 0.121 e. The summed E-state index contributed by atoms with van der Waals surface area (Å²) in [7, 11) is 0. The van der Waals surface area contributed by atoms with Gasteiger partial charge in [0.15, 0.2) is 0 Å². The van der Waals surface area contributed by atoms with Gasteiger partial charge in [-0.3, -0.25) is 0 Å². The summed E-state index contributed by atoms with van der Waals surface area (Å²) >= 11 is 19.5. The molecule has 0 unspecified atom stereocenters. The van der Waals surface area contributed by atoms with E-state index in [1.165, 1.54) is 0 Å². The van der Waals surface area contributed by atoms with E-state index >= 15 is 0 Å². The summed E-state index contributed by atoms with van der Waals surface area (Å²) in [5.74, 6) is 0.356. The smallest absolute Gasteiger partial charge is 0.0503 e. The van der Waals surface area contributed by atoms with Crippen molar-refractivity contribution in [3.8, 4) is 0 Å². The van der Waals surface area contributed by atoms with Crippen molar-refractivity contribution in [3.05, 3.63) is 31.3 Å². The molecule has 11 heavy (non-hydrogen) atoms. The molecule has 0 fully saturated rings. The van der Waals surface area contributed by atoms with Gasteiger partial charge in [0.2, 0.25) is 0 Å². The van der Waals surface area contributed by atoms with Crippen LogP contribution in [0.1, 0.15) is 5.56 Å². The Morgan fingerprint density at radius 1 is 1.18 bits per heavy atom. The van der Waals surface area contributed by atoms with Crippen LogP contribution in [-0.4, -0.2) is 0 Å². The fraction of sp³-hybridized carbons (Fsp3) is 0.143. The van der Waals surface area contributed by atoms with E-state index in [0.29, 0.717) is 15.9 Å². The van der Waals surface area contributed by atoms with Gasteiger partial charge in [-0.25, -0.2) is 0 Å². The molecule has 0 nitrogen and oxygen atoms in total. The van der Waals surface area contributed by atoms with Crippen LogP contribution in [-0.2, 0) is 5.88 Å². The maximum atomic E-state index is 5.86. The maximum absolute atomic E-state index is 5.86. The topological polar surface area (TPSA) is 0 Å². The Morgan fingerprint density at radius 3 is 2.00 bits per heavy atom. The molecule has 1 aromatic rings. The lowest BCUT2D eigenvalue weighted by Gasteiger charge is -2.02. The minimum atomic E-state index is 0.356. The summed E-state index contributed by atoms with van der Waals surface area (Å²) in [4.78, 5) is 0. The Balaban J connectivity index is 3.25. The van der Waals surface area contributed by atoms with Gasteiger partial charge in [-0.1, -0.05) is 23.2 Å². The van der Waals surface area contributed by atoms with Crippen LogP contribution in [0.2, 0.25) is 10.0 Å². The van der Waals surface area contributed by atoms with Gasteiger partial charge in [-0.15, -0.1) is 11.6 Å². The molecule has 0 spiro atoms. The molecular formula is C7H4Cl3I. The van der Waals surface area contributed by atoms with Crippen molar-refractivity contribution in [3.63, 3.8) is 0 Å². The van der Waals surface area contributed by atoms with E-state index in [9.17, 15) is 0 Å². The van der Waals surface area contributed by atoms with Gasteiger partial charge in [0, 0.05) is 19.2 Å². The first-order valence-electron chi connectivity index (χ1n) is 2.84. The first-order valence-corrected chi connectivity index (χ1v) is 5.21. The molecular weight excluding hydrogens is 317 g/mol. The lowest BCUT2D eigenvalue weighted by Crippen LogP contribution is -1.83. The number of rotatable bonds is 1. The van der Waals surface area contributed by atoms with Crippen LogP contribution in [0.5, 0.6) is 0 Å². The molecule has 0 N–H and O–H groups in total. The molecule has 0 radical (unpaired) electrons. The summed E-state index contributed by atoms with van der Waals surface area (Å²) < 4.78 is 1.02. The lowest BCUT2D eigenvalue weighted by molar-refractivity contribution is 1.39. The first-order chi connectivity index (χ1) is 5.15. The van der Waals surface area contributed by atoms with E-state index in [1.54, 1.807) is 0 Å². The molecule has 0 saturated heterocycles. The van der Waals surface area contributed by atoms with Gasteiger partial charge in [0.25, 0.3) is 0 Å². The van der Waals surface area contributed by atoms with Gasteiger partial charge in [0.05, 0.1) is 5.88 Å². The summed E-state index contributed by atoms with van der Waals surface area (Å²) in [6.45, 7) is 0. The van der Waals surface area contributed by atoms with E-state index < -0.39 is 0 Å². The highest BCUT2D eigenvalue weighted by Crippen LogP contribution is 2.28. The maximum Gasteiger partial charge on any atom is 0.0503 e. The molecule has 0 aliphatic heterocycles. The Morgan fingerprint density at radius 2 is 1.64 bits per heavy atom. The molecule has 0 bridgehead atoms. The van der Waals surface area contributed by atoms with E-state index in [4.69, 9.17) is 34.8 Å². The molecule has 0 saturated carbocycles. The minimum Gasteiger partial charge on any atom is -0.121 e. The highest BCUT2D eigenvalue weighted by atomic mass is 127. The second-order valence-corrected chi connectivity index (χ2v) is 4.31.